The summed E-state index contributed by atoms with van der Waals surface area (Å²) in [6.07, 6.45) is 1.53. The number of carbonyl (C=O) groups excluding carboxylic acids is 1. The number of hydrogen-bond acceptors (Lipinski definition) is 3. The maximum atomic E-state index is 12.9. The monoisotopic (exact) mass is 288 g/mol. The molecule has 0 spiro atoms. The third kappa shape index (κ3) is 4.02. The highest BCUT2D eigenvalue weighted by Gasteiger charge is 2.10. The van der Waals surface area contributed by atoms with Gasteiger partial charge in [-0.1, -0.05) is 17.3 Å². The minimum absolute atomic E-state index is 0.141. The van der Waals surface area contributed by atoms with Crippen LogP contribution in [-0.4, -0.2) is 23.0 Å². The molecule has 0 aliphatic heterocycles. The number of nitrogens with zero attached hydrogens (tertiary/aromatic N) is 2. The molecule has 0 N–H and O–H groups in total. The summed E-state index contributed by atoms with van der Waals surface area (Å²) in [5.41, 5.74) is 2.30. The Hall–Kier alpha value is -2.43. The quantitative estimate of drug-likeness (QED) is 0.812. The van der Waals surface area contributed by atoms with Crippen LogP contribution in [0.1, 0.15) is 23.9 Å². The van der Waals surface area contributed by atoms with Gasteiger partial charge in [-0.05, 0) is 37.1 Å². The van der Waals surface area contributed by atoms with E-state index >= 15 is 0 Å². The van der Waals surface area contributed by atoms with Gasteiger partial charge in [-0.15, -0.1) is 0 Å². The van der Waals surface area contributed by atoms with Gasteiger partial charge in [-0.2, -0.15) is 0 Å². The van der Waals surface area contributed by atoms with E-state index in [1.165, 1.54) is 18.2 Å². The molecule has 5 heteroatoms. The Labute approximate surface area is 122 Å². The summed E-state index contributed by atoms with van der Waals surface area (Å²) in [4.78, 5) is 13.7. The standard InChI is InChI=1S/C16H17FN2O2/c1-11(13-4-6-14(17)7-5-13)8-16(20)19(3)10-15-9-12(2)21-18-15/h4-9H,10H2,1-3H3. The van der Waals surface area contributed by atoms with E-state index in [9.17, 15) is 9.18 Å². The first-order valence-electron chi connectivity index (χ1n) is 6.57. The molecule has 0 radical (unpaired) electrons. The number of benzene rings is 1. The Balaban J connectivity index is 2.05. The second kappa shape index (κ2) is 6.35. The van der Waals surface area contributed by atoms with Crippen LogP contribution in [0.5, 0.6) is 0 Å². The van der Waals surface area contributed by atoms with E-state index in [0.717, 1.165) is 11.1 Å². The second-order valence-electron chi connectivity index (χ2n) is 4.96. The smallest absolute Gasteiger partial charge is 0.246 e. The fourth-order valence-corrected chi connectivity index (χ4v) is 1.90. The summed E-state index contributed by atoms with van der Waals surface area (Å²) in [5, 5.41) is 3.85. The van der Waals surface area contributed by atoms with Gasteiger partial charge in [-0.25, -0.2) is 4.39 Å². The molecule has 0 saturated carbocycles. The van der Waals surface area contributed by atoms with Crippen molar-refractivity contribution in [2.45, 2.75) is 20.4 Å². The molecule has 0 atom stereocenters. The SMILES string of the molecule is CC(=CC(=O)N(C)Cc1cc(C)on1)c1ccc(F)cc1. The van der Waals surface area contributed by atoms with Gasteiger partial charge in [-0.3, -0.25) is 4.79 Å². The molecule has 1 aromatic heterocycles. The summed E-state index contributed by atoms with van der Waals surface area (Å²) < 4.78 is 17.8. The Morgan fingerprint density at radius 3 is 2.62 bits per heavy atom. The molecule has 21 heavy (non-hydrogen) atoms. The van der Waals surface area contributed by atoms with E-state index in [4.69, 9.17) is 4.52 Å². The van der Waals surface area contributed by atoms with Gasteiger partial charge >= 0.3 is 0 Å². The zero-order valence-corrected chi connectivity index (χ0v) is 12.3. The molecule has 2 aromatic rings. The molecule has 2 rings (SSSR count). The van der Waals surface area contributed by atoms with E-state index in [1.807, 2.05) is 6.92 Å². The molecule has 1 amide bonds. The van der Waals surface area contributed by atoms with Crippen molar-refractivity contribution in [1.29, 1.82) is 0 Å². The number of allylic oxidation sites excluding steroid dienone is 1. The first kappa shape index (κ1) is 15.0. The average molecular weight is 288 g/mol. The minimum atomic E-state index is -0.295. The first-order valence-corrected chi connectivity index (χ1v) is 6.57. The van der Waals surface area contributed by atoms with E-state index in [-0.39, 0.29) is 11.7 Å². The summed E-state index contributed by atoms with van der Waals surface area (Å²) in [6, 6.07) is 7.84. The fraction of sp³-hybridized carbons (Fsp3) is 0.250. The molecular formula is C16H17FN2O2. The zero-order chi connectivity index (χ0) is 15.4. The lowest BCUT2D eigenvalue weighted by Crippen LogP contribution is -2.24. The molecule has 0 saturated heterocycles. The molecule has 0 aliphatic rings. The van der Waals surface area contributed by atoms with Crippen molar-refractivity contribution in [2.24, 2.45) is 0 Å². The number of hydrogen-bond donors (Lipinski definition) is 0. The van der Waals surface area contributed by atoms with Gasteiger partial charge in [0.2, 0.25) is 5.91 Å². The molecule has 1 aromatic carbocycles. The van der Waals surface area contributed by atoms with Crippen LogP contribution in [0.4, 0.5) is 4.39 Å². The summed E-state index contributed by atoms with van der Waals surface area (Å²) in [5.74, 6) is 0.276. The van der Waals surface area contributed by atoms with Crippen LogP contribution in [0.2, 0.25) is 0 Å². The first-order chi connectivity index (χ1) is 9.95. The van der Waals surface area contributed by atoms with Crippen molar-refractivity contribution in [3.8, 4) is 0 Å². The van der Waals surface area contributed by atoms with Crippen LogP contribution in [0, 0.1) is 12.7 Å². The van der Waals surface area contributed by atoms with Gasteiger partial charge < -0.3 is 9.42 Å². The van der Waals surface area contributed by atoms with Gasteiger partial charge in [0, 0.05) is 19.2 Å². The third-order valence-electron chi connectivity index (χ3n) is 3.09. The lowest BCUT2D eigenvalue weighted by atomic mass is 10.1. The molecule has 110 valence electrons. The number of aryl methyl sites for hydroxylation is 1. The number of halogens is 1. The second-order valence-corrected chi connectivity index (χ2v) is 4.96. The lowest BCUT2D eigenvalue weighted by Gasteiger charge is -2.13. The zero-order valence-electron chi connectivity index (χ0n) is 12.3. The molecule has 0 fully saturated rings. The van der Waals surface area contributed by atoms with Gasteiger partial charge in [0.25, 0.3) is 0 Å². The predicted octanol–water partition coefficient (Wildman–Crippen LogP) is 3.18. The van der Waals surface area contributed by atoms with Crippen LogP contribution in [0.3, 0.4) is 0 Å². The average Bonchev–Trinajstić information content (AvgIpc) is 2.84. The van der Waals surface area contributed by atoms with E-state index < -0.39 is 0 Å². The fourth-order valence-electron chi connectivity index (χ4n) is 1.90. The topological polar surface area (TPSA) is 46.3 Å². The van der Waals surface area contributed by atoms with Crippen LogP contribution >= 0.6 is 0 Å². The molecule has 4 nitrogen and oxygen atoms in total. The Bertz CT molecular complexity index is 659. The van der Waals surface area contributed by atoms with Gasteiger partial charge in [0.15, 0.2) is 0 Å². The van der Waals surface area contributed by atoms with Crippen molar-refractivity contribution in [3.63, 3.8) is 0 Å². The van der Waals surface area contributed by atoms with E-state index in [0.29, 0.717) is 18.0 Å². The highest BCUT2D eigenvalue weighted by atomic mass is 19.1. The minimum Gasteiger partial charge on any atom is -0.361 e. The van der Waals surface area contributed by atoms with Gasteiger partial charge in [0.05, 0.1) is 6.54 Å². The molecule has 0 aliphatic carbocycles. The van der Waals surface area contributed by atoms with Gasteiger partial charge in [0.1, 0.15) is 17.3 Å². The van der Waals surface area contributed by atoms with Crippen LogP contribution < -0.4 is 0 Å². The summed E-state index contributed by atoms with van der Waals surface area (Å²) in [7, 11) is 1.70. The normalized spacial score (nSPS) is 11.5. The summed E-state index contributed by atoms with van der Waals surface area (Å²) in [6.45, 7) is 4.00. The van der Waals surface area contributed by atoms with Crippen LogP contribution in [0.25, 0.3) is 5.57 Å². The highest BCUT2D eigenvalue weighted by Crippen LogP contribution is 2.15. The lowest BCUT2D eigenvalue weighted by molar-refractivity contribution is -0.125. The molecule has 0 bridgehead atoms. The van der Waals surface area contributed by atoms with Crippen molar-refractivity contribution in [3.05, 3.63) is 59.2 Å². The number of carbonyl (C=O) groups is 1. The van der Waals surface area contributed by atoms with E-state index in [1.54, 1.807) is 37.1 Å². The van der Waals surface area contributed by atoms with Crippen LogP contribution in [-0.2, 0) is 11.3 Å². The number of aromatic nitrogens is 1. The van der Waals surface area contributed by atoms with Crippen molar-refractivity contribution >= 4 is 11.5 Å². The van der Waals surface area contributed by atoms with Crippen molar-refractivity contribution < 1.29 is 13.7 Å². The Morgan fingerprint density at radius 2 is 2.05 bits per heavy atom. The van der Waals surface area contributed by atoms with Crippen molar-refractivity contribution in [1.82, 2.24) is 10.1 Å². The Morgan fingerprint density at radius 1 is 1.38 bits per heavy atom. The number of rotatable bonds is 4. The molecule has 0 unspecified atom stereocenters. The molecular weight excluding hydrogens is 271 g/mol. The third-order valence-corrected chi connectivity index (χ3v) is 3.09. The maximum absolute atomic E-state index is 12.9. The number of amides is 1. The Kier molecular flexibility index (Phi) is 4.52. The summed E-state index contributed by atoms with van der Waals surface area (Å²) >= 11 is 0. The van der Waals surface area contributed by atoms with Crippen molar-refractivity contribution in [2.75, 3.05) is 7.05 Å². The molecule has 1 heterocycles. The number of likely N-dealkylation sites (N-methyl/N-ethyl adjacent to an activating group) is 1. The van der Waals surface area contributed by atoms with E-state index in [2.05, 4.69) is 5.16 Å². The maximum Gasteiger partial charge on any atom is 0.246 e. The largest absolute Gasteiger partial charge is 0.361 e. The highest BCUT2D eigenvalue weighted by molar-refractivity contribution is 5.94. The predicted molar refractivity (Wildman–Crippen MR) is 77.8 cm³/mol. The van der Waals surface area contributed by atoms with Crippen LogP contribution in [0.15, 0.2) is 40.9 Å².